The summed E-state index contributed by atoms with van der Waals surface area (Å²) in [6.07, 6.45) is 2.65. The molecular weight excluding hydrogens is 402 g/mol. The second kappa shape index (κ2) is 8.87. The lowest BCUT2D eigenvalue weighted by Crippen LogP contribution is -2.22. The highest BCUT2D eigenvalue weighted by atomic mass is 32.2. The van der Waals surface area contributed by atoms with Crippen molar-refractivity contribution in [3.05, 3.63) is 78.0 Å². The van der Waals surface area contributed by atoms with Crippen molar-refractivity contribution >= 4 is 27.3 Å². The maximum Gasteiger partial charge on any atom is 0.253 e. The first-order chi connectivity index (χ1) is 14.2. The van der Waals surface area contributed by atoms with Gasteiger partial charge in [0, 0.05) is 37.2 Å². The normalized spacial score (nSPS) is 11.0. The zero-order valence-electron chi connectivity index (χ0n) is 16.5. The third kappa shape index (κ3) is 5.51. The summed E-state index contributed by atoms with van der Waals surface area (Å²) in [7, 11) is -3.24. The molecule has 154 valence electrons. The number of rotatable bonds is 6. The summed E-state index contributed by atoms with van der Waals surface area (Å²) < 4.78 is 23.0. The van der Waals surface area contributed by atoms with Crippen LogP contribution in [0.3, 0.4) is 0 Å². The monoisotopic (exact) mass is 423 g/mol. The molecule has 0 saturated carbocycles. The molecule has 0 aliphatic heterocycles. The lowest BCUT2D eigenvalue weighted by Gasteiger charge is -2.08. The van der Waals surface area contributed by atoms with Crippen molar-refractivity contribution in [2.75, 3.05) is 11.6 Å². The van der Waals surface area contributed by atoms with E-state index in [0.717, 1.165) is 17.4 Å². The predicted molar refractivity (Wildman–Crippen MR) is 115 cm³/mol. The minimum absolute atomic E-state index is 0.136. The van der Waals surface area contributed by atoms with E-state index in [9.17, 15) is 18.0 Å². The van der Waals surface area contributed by atoms with E-state index in [1.165, 1.54) is 25.3 Å². The Kier molecular flexibility index (Phi) is 6.27. The molecule has 0 spiro atoms. The number of hydrogen-bond donors (Lipinski definition) is 2. The van der Waals surface area contributed by atoms with Crippen LogP contribution in [0.1, 0.15) is 22.8 Å². The molecule has 0 aliphatic rings. The SMILES string of the molecule is CC(=O)Nc1ccc(-c2ccc(C(=O)NCc3ccc(S(C)(=O)=O)cc3)cn2)cc1. The zero-order valence-corrected chi connectivity index (χ0v) is 17.4. The summed E-state index contributed by atoms with van der Waals surface area (Å²) >= 11 is 0. The van der Waals surface area contributed by atoms with Crippen LogP contribution in [0.2, 0.25) is 0 Å². The number of sulfone groups is 1. The van der Waals surface area contributed by atoms with Crippen LogP contribution < -0.4 is 10.6 Å². The zero-order chi connectivity index (χ0) is 21.7. The van der Waals surface area contributed by atoms with E-state index in [-0.39, 0.29) is 23.3 Å². The Hall–Kier alpha value is -3.52. The standard InChI is InChI=1S/C22H21N3O4S/c1-15(26)25-19-8-5-17(6-9-19)21-12-7-18(14-23-21)22(27)24-13-16-3-10-20(11-4-16)30(2,28)29/h3-12,14H,13H2,1-2H3,(H,24,27)(H,25,26). The average Bonchev–Trinajstić information content (AvgIpc) is 2.72. The Morgan fingerprint density at radius 1 is 0.933 bits per heavy atom. The average molecular weight is 423 g/mol. The highest BCUT2D eigenvalue weighted by molar-refractivity contribution is 7.90. The second-order valence-corrected chi connectivity index (χ2v) is 8.81. The van der Waals surface area contributed by atoms with Gasteiger partial charge in [0.25, 0.3) is 5.91 Å². The van der Waals surface area contributed by atoms with Crippen LogP contribution in [-0.2, 0) is 21.2 Å². The molecular formula is C22H21N3O4S. The molecule has 2 aromatic carbocycles. The first kappa shape index (κ1) is 21.2. The van der Waals surface area contributed by atoms with E-state index in [4.69, 9.17) is 0 Å². The number of carbonyl (C=O) groups excluding carboxylic acids is 2. The minimum atomic E-state index is -3.24. The van der Waals surface area contributed by atoms with Gasteiger partial charge in [-0.25, -0.2) is 8.42 Å². The van der Waals surface area contributed by atoms with Crippen molar-refractivity contribution in [2.24, 2.45) is 0 Å². The quantitative estimate of drug-likeness (QED) is 0.634. The van der Waals surface area contributed by atoms with Gasteiger partial charge in [0.15, 0.2) is 9.84 Å². The van der Waals surface area contributed by atoms with E-state index < -0.39 is 9.84 Å². The van der Waals surface area contributed by atoms with Gasteiger partial charge in [-0.05, 0) is 42.0 Å². The van der Waals surface area contributed by atoms with E-state index in [0.29, 0.717) is 16.9 Å². The topological polar surface area (TPSA) is 105 Å². The molecule has 0 aliphatic carbocycles. The van der Waals surface area contributed by atoms with Gasteiger partial charge in [-0.3, -0.25) is 14.6 Å². The van der Waals surface area contributed by atoms with E-state index in [1.807, 2.05) is 12.1 Å². The molecule has 0 atom stereocenters. The summed E-state index contributed by atoms with van der Waals surface area (Å²) in [6.45, 7) is 1.72. The fourth-order valence-corrected chi connectivity index (χ4v) is 3.40. The van der Waals surface area contributed by atoms with Gasteiger partial charge in [0.05, 0.1) is 16.2 Å². The first-order valence-corrected chi connectivity index (χ1v) is 11.0. The molecule has 8 heteroatoms. The number of carbonyl (C=O) groups is 2. The number of benzene rings is 2. The van der Waals surface area contributed by atoms with Crippen LogP contribution >= 0.6 is 0 Å². The summed E-state index contributed by atoms with van der Waals surface area (Å²) in [4.78, 5) is 28.0. The largest absolute Gasteiger partial charge is 0.348 e. The summed E-state index contributed by atoms with van der Waals surface area (Å²) in [5.74, 6) is -0.412. The molecule has 2 N–H and O–H groups in total. The van der Waals surface area contributed by atoms with Crippen molar-refractivity contribution in [2.45, 2.75) is 18.4 Å². The molecule has 2 amide bonds. The lowest BCUT2D eigenvalue weighted by molar-refractivity contribution is -0.114. The highest BCUT2D eigenvalue weighted by Crippen LogP contribution is 2.20. The van der Waals surface area contributed by atoms with Crippen molar-refractivity contribution in [3.8, 4) is 11.3 Å². The van der Waals surface area contributed by atoms with Gasteiger partial charge in [-0.2, -0.15) is 0 Å². The molecule has 0 fully saturated rings. The van der Waals surface area contributed by atoms with Crippen LogP contribution in [0.4, 0.5) is 5.69 Å². The molecule has 3 rings (SSSR count). The fraction of sp³-hybridized carbons (Fsp3) is 0.136. The molecule has 0 saturated heterocycles. The molecule has 0 unspecified atom stereocenters. The number of aromatic nitrogens is 1. The van der Waals surface area contributed by atoms with Gasteiger partial charge in [-0.15, -0.1) is 0 Å². The number of pyridine rings is 1. The Morgan fingerprint density at radius 2 is 1.60 bits per heavy atom. The van der Waals surface area contributed by atoms with Gasteiger partial charge in [0.1, 0.15) is 0 Å². The third-order valence-corrected chi connectivity index (χ3v) is 5.46. The molecule has 3 aromatic rings. The highest BCUT2D eigenvalue weighted by Gasteiger charge is 2.09. The van der Waals surface area contributed by atoms with Crippen LogP contribution in [0.15, 0.2) is 71.8 Å². The Labute approximate surface area is 175 Å². The number of hydrogen-bond acceptors (Lipinski definition) is 5. The molecule has 7 nitrogen and oxygen atoms in total. The van der Waals surface area contributed by atoms with Gasteiger partial charge in [-0.1, -0.05) is 24.3 Å². The maximum atomic E-state index is 12.4. The Balaban J connectivity index is 1.61. The summed E-state index contributed by atoms with van der Waals surface area (Å²) in [5.41, 5.74) is 3.48. The molecule has 1 aromatic heterocycles. The van der Waals surface area contributed by atoms with Gasteiger partial charge < -0.3 is 10.6 Å². The first-order valence-electron chi connectivity index (χ1n) is 9.13. The van der Waals surface area contributed by atoms with E-state index >= 15 is 0 Å². The van der Waals surface area contributed by atoms with Crippen molar-refractivity contribution in [1.82, 2.24) is 10.3 Å². The van der Waals surface area contributed by atoms with Crippen molar-refractivity contribution < 1.29 is 18.0 Å². The molecule has 0 bridgehead atoms. The van der Waals surface area contributed by atoms with Crippen LogP contribution in [0.25, 0.3) is 11.3 Å². The lowest BCUT2D eigenvalue weighted by atomic mass is 10.1. The van der Waals surface area contributed by atoms with Crippen LogP contribution in [-0.4, -0.2) is 31.5 Å². The third-order valence-electron chi connectivity index (χ3n) is 4.33. The molecule has 1 heterocycles. The van der Waals surface area contributed by atoms with Crippen molar-refractivity contribution in [1.29, 1.82) is 0 Å². The van der Waals surface area contributed by atoms with Crippen molar-refractivity contribution in [3.63, 3.8) is 0 Å². The van der Waals surface area contributed by atoms with Crippen LogP contribution in [0, 0.1) is 0 Å². The predicted octanol–water partition coefficient (Wildman–Crippen LogP) is 3.04. The van der Waals surface area contributed by atoms with E-state index in [1.54, 1.807) is 36.4 Å². The van der Waals surface area contributed by atoms with Crippen LogP contribution in [0.5, 0.6) is 0 Å². The fourth-order valence-electron chi connectivity index (χ4n) is 2.77. The van der Waals surface area contributed by atoms with Gasteiger partial charge in [0.2, 0.25) is 5.91 Å². The van der Waals surface area contributed by atoms with E-state index in [2.05, 4.69) is 15.6 Å². The molecule has 0 radical (unpaired) electrons. The van der Waals surface area contributed by atoms with Gasteiger partial charge >= 0.3 is 0 Å². The molecule has 30 heavy (non-hydrogen) atoms. The minimum Gasteiger partial charge on any atom is -0.348 e. The Morgan fingerprint density at radius 3 is 2.13 bits per heavy atom. The number of anilines is 1. The number of nitrogens with one attached hydrogen (secondary N) is 2. The number of amides is 2. The summed E-state index contributed by atoms with van der Waals surface area (Å²) in [6, 6.07) is 17.1. The maximum absolute atomic E-state index is 12.4. The second-order valence-electron chi connectivity index (χ2n) is 6.79. The smallest absolute Gasteiger partial charge is 0.253 e. The summed E-state index contributed by atoms with van der Waals surface area (Å²) in [5, 5.41) is 5.49. The number of nitrogens with zero attached hydrogens (tertiary/aromatic N) is 1. The Bertz CT molecular complexity index is 1150.